The lowest BCUT2D eigenvalue weighted by Crippen LogP contribution is -2.28. The summed E-state index contributed by atoms with van der Waals surface area (Å²) in [7, 11) is -2.10. The zero-order chi connectivity index (χ0) is 12.6. The van der Waals surface area contributed by atoms with Crippen LogP contribution in [0.15, 0.2) is 29.2 Å². The molecule has 2 rings (SSSR count). The zero-order valence-corrected chi connectivity index (χ0v) is 10.1. The Morgan fingerprint density at radius 3 is 2.59 bits per heavy atom. The summed E-state index contributed by atoms with van der Waals surface area (Å²) < 4.78 is 25.5. The second-order valence-electron chi connectivity index (χ2n) is 4.01. The fourth-order valence-corrected chi connectivity index (χ4v) is 3.01. The highest BCUT2D eigenvalue weighted by atomic mass is 32.2. The predicted molar refractivity (Wildman–Crippen MR) is 61.1 cm³/mol. The Labute approximate surface area is 99.1 Å². The summed E-state index contributed by atoms with van der Waals surface area (Å²) in [6.45, 7) is 0. The van der Waals surface area contributed by atoms with Crippen LogP contribution in [-0.4, -0.2) is 30.7 Å². The first-order valence-corrected chi connectivity index (χ1v) is 6.59. The molecular formula is C10H12N2O4S. The largest absolute Gasteiger partial charge is 0.270 e. The maximum absolute atomic E-state index is 12.1. The van der Waals surface area contributed by atoms with Crippen molar-refractivity contribution < 1.29 is 13.3 Å². The molecule has 1 aliphatic rings. The van der Waals surface area contributed by atoms with Gasteiger partial charge in [0.25, 0.3) is 5.69 Å². The minimum Gasteiger partial charge on any atom is -0.258 e. The van der Waals surface area contributed by atoms with Gasteiger partial charge in [-0.2, -0.15) is 4.31 Å². The van der Waals surface area contributed by atoms with Gasteiger partial charge in [0, 0.05) is 25.2 Å². The Hall–Kier alpha value is -1.47. The van der Waals surface area contributed by atoms with E-state index in [-0.39, 0.29) is 16.6 Å². The van der Waals surface area contributed by atoms with Crippen LogP contribution in [0.3, 0.4) is 0 Å². The van der Waals surface area contributed by atoms with Crippen LogP contribution in [-0.2, 0) is 10.0 Å². The molecule has 0 N–H and O–H groups in total. The van der Waals surface area contributed by atoms with E-state index in [1.165, 1.54) is 29.6 Å². The molecule has 0 saturated heterocycles. The van der Waals surface area contributed by atoms with Gasteiger partial charge in [0.2, 0.25) is 10.0 Å². The van der Waals surface area contributed by atoms with E-state index >= 15 is 0 Å². The zero-order valence-electron chi connectivity index (χ0n) is 9.24. The monoisotopic (exact) mass is 256 g/mol. The second-order valence-corrected chi connectivity index (χ2v) is 6.00. The van der Waals surface area contributed by atoms with Gasteiger partial charge < -0.3 is 0 Å². The molecule has 1 fully saturated rings. The molecule has 0 aromatic heterocycles. The molecule has 7 heteroatoms. The average molecular weight is 256 g/mol. The number of hydrogen-bond donors (Lipinski definition) is 0. The third-order valence-corrected chi connectivity index (χ3v) is 4.67. The number of benzene rings is 1. The van der Waals surface area contributed by atoms with Crippen molar-refractivity contribution in [1.29, 1.82) is 0 Å². The number of hydrogen-bond acceptors (Lipinski definition) is 4. The lowest BCUT2D eigenvalue weighted by Gasteiger charge is -2.15. The van der Waals surface area contributed by atoms with Crippen molar-refractivity contribution in [2.45, 2.75) is 23.8 Å². The molecule has 0 heterocycles. The second kappa shape index (κ2) is 4.08. The fraction of sp³-hybridized carbons (Fsp3) is 0.400. The highest BCUT2D eigenvalue weighted by molar-refractivity contribution is 7.89. The van der Waals surface area contributed by atoms with Crippen LogP contribution in [0.2, 0.25) is 0 Å². The van der Waals surface area contributed by atoms with Crippen LogP contribution < -0.4 is 0 Å². The number of nitro groups is 1. The van der Waals surface area contributed by atoms with E-state index in [1.807, 2.05) is 0 Å². The van der Waals surface area contributed by atoms with Gasteiger partial charge >= 0.3 is 0 Å². The third kappa shape index (κ3) is 2.29. The van der Waals surface area contributed by atoms with Crippen LogP contribution in [0, 0.1) is 10.1 Å². The Morgan fingerprint density at radius 2 is 2.06 bits per heavy atom. The predicted octanol–water partition coefficient (Wildman–Crippen LogP) is 1.38. The smallest absolute Gasteiger partial charge is 0.258 e. The van der Waals surface area contributed by atoms with Crippen LogP contribution in [0.25, 0.3) is 0 Å². The lowest BCUT2D eigenvalue weighted by molar-refractivity contribution is -0.385. The maximum Gasteiger partial charge on any atom is 0.270 e. The molecule has 1 saturated carbocycles. The van der Waals surface area contributed by atoms with E-state index < -0.39 is 14.9 Å². The summed E-state index contributed by atoms with van der Waals surface area (Å²) in [5.41, 5.74) is -0.213. The normalized spacial score (nSPS) is 16.1. The van der Waals surface area contributed by atoms with Gasteiger partial charge in [0.1, 0.15) is 0 Å². The van der Waals surface area contributed by atoms with Crippen LogP contribution in [0.5, 0.6) is 0 Å². The molecule has 1 aromatic rings. The maximum atomic E-state index is 12.1. The van der Waals surface area contributed by atoms with E-state index in [9.17, 15) is 18.5 Å². The molecule has 1 aromatic carbocycles. The first kappa shape index (κ1) is 12.0. The average Bonchev–Trinajstić information content (AvgIpc) is 3.12. The molecule has 0 amide bonds. The van der Waals surface area contributed by atoms with Gasteiger partial charge in [-0.25, -0.2) is 8.42 Å². The van der Waals surface area contributed by atoms with Crippen molar-refractivity contribution in [2.75, 3.05) is 7.05 Å². The van der Waals surface area contributed by atoms with Gasteiger partial charge in [0.05, 0.1) is 9.82 Å². The van der Waals surface area contributed by atoms with Gasteiger partial charge in [-0.1, -0.05) is 6.07 Å². The summed E-state index contributed by atoms with van der Waals surface area (Å²) in [6.07, 6.45) is 1.70. The van der Waals surface area contributed by atoms with Crippen molar-refractivity contribution in [3.05, 3.63) is 34.4 Å². The van der Waals surface area contributed by atoms with E-state index in [2.05, 4.69) is 0 Å². The van der Waals surface area contributed by atoms with Gasteiger partial charge in [-0.15, -0.1) is 0 Å². The topological polar surface area (TPSA) is 80.5 Å². The molecule has 0 atom stereocenters. The molecule has 0 aliphatic heterocycles. The molecular weight excluding hydrogens is 244 g/mol. The number of sulfonamides is 1. The van der Waals surface area contributed by atoms with E-state index in [1.54, 1.807) is 0 Å². The molecule has 0 radical (unpaired) electrons. The minimum absolute atomic E-state index is 0.0268. The summed E-state index contributed by atoms with van der Waals surface area (Å²) in [5.74, 6) is 0. The van der Waals surface area contributed by atoms with Gasteiger partial charge in [-0.3, -0.25) is 10.1 Å². The Kier molecular flexibility index (Phi) is 2.88. The van der Waals surface area contributed by atoms with Crippen molar-refractivity contribution in [3.63, 3.8) is 0 Å². The minimum atomic E-state index is -3.60. The number of non-ortho nitro benzene ring substituents is 1. The molecule has 0 unspecified atom stereocenters. The quantitative estimate of drug-likeness (QED) is 0.602. The molecule has 6 nitrogen and oxygen atoms in total. The van der Waals surface area contributed by atoms with Gasteiger partial charge in [0.15, 0.2) is 0 Å². The molecule has 0 spiro atoms. The van der Waals surface area contributed by atoms with Crippen molar-refractivity contribution in [1.82, 2.24) is 4.31 Å². The summed E-state index contributed by atoms with van der Waals surface area (Å²) in [6, 6.07) is 5.16. The fourth-order valence-electron chi connectivity index (χ4n) is 1.56. The standard InChI is InChI=1S/C10H12N2O4S/c1-11(8-5-6-8)17(15,16)10-4-2-3-9(7-10)12(13)14/h2-4,7-8H,5-6H2,1H3. The lowest BCUT2D eigenvalue weighted by atomic mass is 10.3. The van der Waals surface area contributed by atoms with E-state index in [4.69, 9.17) is 0 Å². The summed E-state index contributed by atoms with van der Waals surface area (Å²) in [5, 5.41) is 10.6. The number of nitro benzene ring substituents is 1. The highest BCUT2D eigenvalue weighted by Crippen LogP contribution is 2.31. The van der Waals surface area contributed by atoms with Crippen LogP contribution in [0.4, 0.5) is 5.69 Å². The van der Waals surface area contributed by atoms with Crippen molar-refractivity contribution >= 4 is 15.7 Å². The SMILES string of the molecule is CN(C1CC1)S(=O)(=O)c1cccc([N+](=O)[O-])c1. The molecule has 17 heavy (non-hydrogen) atoms. The van der Waals surface area contributed by atoms with E-state index in [0.29, 0.717) is 0 Å². The third-order valence-electron chi connectivity index (χ3n) is 2.77. The van der Waals surface area contributed by atoms with E-state index in [0.717, 1.165) is 18.9 Å². The van der Waals surface area contributed by atoms with Crippen LogP contribution in [0.1, 0.15) is 12.8 Å². The first-order chi connectivity index (χ1) is 7.93. The highest BCUT2D eigenvalue weighted by Gasteiger charge is 2.35. The Morgan fingerprint density at radius 1 is 1.41 bits per heavy atom. The molecule has 1 aliphatic carbocycles. The van der Waals surface area contributed by atoms with Crippen molar-refractivity contribution in [2.24, 2.45) is 0 Å². The number of rotatable bonds is 4. The Balaban J connectivity index is 2.38. The number of nitrogens with zero attached hydrogens (tertiary/aromatic N) is 2. The van der Waals surface area contributed by atoms with Crippen LogP contribution >= 0.6 is 0 Å². The summed E-state index contributed by atoms with van der Waals surface area (Å²) in [4.78, 5) is 9.97. The first-order valence-electron chi connectivity index (χ1n) is 5.15. The molecule has 0 bridgehead atoms. The van der Waals surface area contributed by atoms with Gasteiger partial charge in [-0.05, 0) is 18.9 Å². The van der Waals surface area contributed by atoms with Crippen molar-refractivity contribution in [3.8, 4) is 0 Å². The summed E-state index contributed by atoms with van der Waals surface area (Å²) >= 11 is 0. The Bertz CT molecular complexity index is 551. The molecule has 92 valence electrons.